The summed E-state index contributed by atoms with van der Waals surface area (Å²) in [5.74, 6) is 0.00676. The number of carbonyl (C=O) groups excluding carboxylic acids is 1. The molecule has 1 amide bonds. The van der Waals surface area contributed by atoms with E-state index < -0.39 is 0 Å². The van der Waals surface area contributed by atoms with Gasteiger partial charge in [0, 0.05) is 53.2 Å². The summed E-state index contributed by atoms with van der Waals surface area (Å²) in [4.78, 5) is 17.9. The van der Waals surface area contributed by atoms with Gasteiger partial charge in [0.25, 0.3) is 5.91 Å². The topological polar surface area (TPSA) is 45.2 Å². The average molecular weight is 319 g/mol. The Kier molecular flexibility index (Phi) is 4.75. The van der Waals surface area contributed by atoms with E-state index in [2.05, 4.69) is 41.2 Å². The SMILES string of the molecule is CCN(CC)c1ccc2c3c(cccc13)NC2=O.c1ccncc1. The van der Waals surface area contributed by atoms with Crippen molar-refractivity contribution in [3.63, 3.8) is 0 Å². The number of nitrogens with one attached hydrogen (secondary N) is 1. The summed E-state index contributed by atoms with van der Waals surface area (Å²) in [5.41, 5.74) is 2.93. The van der Waals surface area contributed by atoms with E-state index in [0.717, 1.165) is 35.1 Å². The van der Waals surface area contributed by atoms with Crippen molar-refractivity contribution >= 4 is 28.1 Å². The number of benzene rings is 2. The predicted octanol–water partition coefficient (Wildman–Crippen LogP) is 4.33. The van der Waals surface area contributed by atoms with E-state index in [-0.39, 0.29) is 5.91 Å². The number of rotatable bonds is 3. The highest BCUT2D eigenvalue weighted by Crippen LogP contribution is 2.38. The highest BCUT2D eigenvalue weighted by Gasteiger charge is 2.23. The second-order valence-electron chi connectivity index (χ2n) is 5.51. The van der Waals surface area contributed by atoms with Gasteiger partial charge in [0.15, 0.2) is 0 Å². The molecule has 0 saturated heterocycles. The van der Waals surface area contributed by atoms with Crippen molar-refractivity contribution in [2.24, 2.45) is 0 Å². The molecule has 1 N–H and O–H groups in total. The van der Waals surface area contributed by atoms with Crippen LogP contribution in [0.1, 0.15) is 24.2 Å². The fraction of sp³-hybridized carbons (Fsp3) is 0.200. The Morgan fingerprint density at radius 2 is 1.71 bits per heavy atom. The normalized spacial score (nSPS) is 11.7. The van der Waals surface area contributed by atoms with E-state index in [4.69, 9.17) is 0 Å². The number of hydrogen-bond acceptors (Lipinski definition) is 3. The highest BCUT2D eigenvalue weighted by molar-refractivity contribution is 6.25. The fourth-order valence-corrected chi connectivity index (χ4v) is 3.03. The third kappa shape index (κ3) is 2.95. The molecule has 1 aliphatic rings. The zero-order chi connectivity index (χ0) is 16.9. The summed E-state index contributed by atoms with van der Waals surface area (Å²) >= 11 is 0. The van der Waals surface area contributed by atoms with Crippen molar-refractivity contribution < 1.29 is 4.79 Å². The van der Waals surface area contributed by atoms with Gasteiger partial charge in [-0.3, -0.25) is 9.78 Å². The van der Waals surface area contributed by atoms with Crippen LogP contribution in [0.2, 0.25) is 0 Å². The summed E-state index contributed by atoms with van der Waals surface area (Å²) < 4.78 is 0. The number of nitrogens with zero attached hydrogens (tertiary/aromatic N) is 2. The quantitative estimate of drug-likeness (QED) is 0.781. The van der Waals surface area contributed by atoms with Crippen LogP contribution in [0.25, 0.3) is 10.8 Å². The highest BCUT2D eigenvalue weighted by atomic mass is 16.1. The summed E-state index contributed by atoms with van der Waals surface area (Å²) in [7, 11) is 0. The Bertz CT molecular complexity index is 815. The second-order valence-corrected chi connectivity index (χ2v) is 5.51. The lowest BCUT2D eigenvalue weighted by atomic mass is 10.0. The molecule has 2 aromatic carbocycles. The van der Waals surface area contributed by atoms with E-state index in [1.54, 1.807) is 12.4 Å². The first-order chi connectivity index (χ1) is 11.8. The van der Waals surface area contributed by atoms with Gasteiger partial charge < -0.3 is 10.2 Å². The summed E-state index contributed by atoms with van der Waals surface area (Å²) in [5, 5.41) is 5.14. The number of amides is 1. The summed E-state index contributed by atoms with van der Waals surface area (Å²) in [6.07, 6.45) is 3.50. The number of anilines is 2. The van der Waals surface area contributed by atoms with Crippen LogP contribution in [0, 0.1) is 0 Å². The van der Waals surface area contributed by atoms with Crippen molar-refractivity contribution in [3.05, 3.63) is 66.5 Å². The Labute approximate surface area is 142 Å². The van der Waals surface area contributed by atoms with Gasteiger partial charge in [0.2, 0.25) is 0 Å². The fourth-order valence-electron chi connectivity index (χ4n) is 3.03. The lowest BCUT2D eigenvalue weighted by Gasteiger charge is -2.23. The minimum Gasteiger partial charge on any atom is -0.372 e. The average Bonchev–Trinajstić information content (AvgIpc) is 2.97. The minimum atomic E-state index is 0.00676. The molecule has 1 aliphatic heterocycles. The van der Waals surface area contributed by atoms with Gasteiger partial charge in [-0.15, -0.1) is 0 Å². The van der Waals surface area contributed by atoms with E-state index >= 15 is 0 Å². The van der Waals surface area contributed by atoms with Crippen molar-refractivity contribution in [1.29, 1.82) is 0 Å². The first-order valence-corrected chi connectivity index (χ1v) is 8.23. The zero-order valence-electron chi connectivity index (χ0n) is 14.0. The molecule has 1 aromatic heterocycles. The standard InChI is InChI=1S/C15H16N2O.C5H5N/c1-3-17(4-2)13-9-8-11-14-10(13)6-5-7-12(14)16-15(11)18;1-2-4-6-5-3-1/h5-9H,3-4H2,1-2H3,(H,16,18);1-5H. The largest absolute Gasteiger partial charge is 0.372 e. The Hall–Kier alpha value is -2.88. The summed E-state index contributed by atoms with van der Waals surface area (Å²) in [6.45, 7) is 6.24. The molecule has 0 aliphatic carbocycles. The molecule has 0 bridgehead atoms. The van der Waals surface area contributed by atoms with Gasteiger partial charge in [-0.1, -0.05) is 18.2 Å². The van der Waals surface area contributed by atoms with Gasteiger partial charge >= 0.3 is 0 Å². The first-order valence-electron chi connectivity index (χ1n) is 8.23. The molecular weight excluding hydrogens is 298 g/mol. The van der Waals surface area contributed by atoms with Crippen LogP contribution in [0.15, 0.2) is 60.9 Å². The molecule has 122 valence electrons. The molecule has 0 spiro atoms. The van der Waals surface area contributed by atoms with Gasteiger partial charge in [-0.05, 0) is 44.2 Å². The van der Waals surface area contributed by atoms with Crippen LogP contribution in [0.5, 0.6) is 0 Å². The lowest BCUT2D eigenvalue weighted by molar-refractivity contribution is 0.103. The monoisotopic (exact) mass is 319 g/mol. The maximum Gasteiger partial charge on any atom is 0.256 e. The number of hydrogen-bond donors (Lipinski definition) is 1. The predicted molar refractivity (Wildman–Crippen MR) is 99.7 cm³/mol. The van der Waals surface area contributed by atoms with Crippen LogP contribution in [0.3, 0.4) is 0 Å². The van der Waals surface area contributed by atoms with Crippen LogP contribution >= 0.6 is 0 Å². The van der Waals surface area contributed by atoms with Crippen LogP contribution in [-0.2, 0) is 0 Å². The van der Waals surface area contributed by atoms with E-state index in [0.29, 0.717) is 0 Å². The van der Waals surface area contributed by atoms with Crippen LogP contribution < -0.4 is 10.2 Å². The van der Waals surface area contributed by atoms with Crippen molar-refractivity contribution in [1.82, 2.24) is 4.98 Å². The molecule has 4 heteroatoms. The Morgan fingerprint density at radius 3 is 2.29 bits per heavy atom. The number of pyridine rings is 1. The Morgan fingerprint density at radius 1 is 0.958 bits per heavy atom. The molecule has 0 atom stereocenters. The van der Waals surface area contributed by atoms with Crippen molar-refractivity contribution in [2.75, 3.05) is 23.3 Å². The van der Waals surface area contributed by atoms with Crippen molar-refractivity contribution in [2.45, 2.75) is 13.8 Å². The zero-order valence-corrected chi connectivity index (χ0v) is 14.0. The molecule has 0 unspecified atom stereocenters. The third-order valence-corrected chi connectivity index (χ3v) is 4.18. The molecule has 4 rings (SSSR count). The van der Waals surface area contributed by atoms with Gasteiger partial charge in [-0.25, -0.2) is 0 Å². The molecule has 3 aromatic rings. The molecule has 24 heavy (non-hydrogen) atoms. The molecular formula is C20H21N3O. The van der Waals surface area contributed by atoms with Crippen molar-refractivity contribution in [3.8, 4) is 0 Å². The van der Waals surface area contributed by atoms with E-state index in [1.165, 1.54) is 5.69 Å². The van der Waals surface area contributed by atoms with Gasteiger partial charge in [-0.2, -0.15) is 0 Å². The first kappa shape index (κ1) is 16.0. The van der Waals surface area contributed by atoms with Gasteiger partial charge in [0.05, 0.1) is 0 Å². The maximum atomic E-state index is 11.8. The second kappa shape index (κ2) is 7.13. The molecule has 2 heterocycles. The van der Waals surface area contributed by atoms with E-state index in [9.17, 15) is 4.79 Å². The number of carbonyl (C=O) groups is 1. The van der Waals surface area contributed by atoms with Crippen LogP contribution in [-0.4, -0.2) is 24.0 Å². The molecule has 0 radical (unpaired) electrons. The third-order valence-electron chi connectivity index (χ3n) is 4.18. The van der Waals surface area contributed by atoms with Gasteiger partial charge in [0.1, 0.15) is 0 Å². The molecule has 0 saturated carbocycles. The molecule has 4 nitrogen and oxygen atoms in total. The maximum absolute atomic E-state index is 11.8. The molecule has 0 fully saturated rings. The Balaban J connectivity index is 0.000000238. The van der Waals surface area contributed by atoms with Crippen LogP contribution in [0.4, 0.5) is 11.4 Å². The number of aromatic nitrogens is 1. The summed E-state index contributed by atoms with van der Waals surface area (Å²) in [6, 6.07) is 15.8. The minimum absolute atomic E-state index is 0.00676. The lowest BCUT2D eigenvalue weighted by Crippen LogP contribution is -2.22. The van der Waals surface area contributed by atoms with E-state index in [1.807, 2.05) is 36.4 Å². The smallest absolute Gasteiger partial charge is 0.256 e.